The van der Waals surface area contributed by atoms with Gasteiger partial charge in [-0.1, -0.05) is 18.2 Å². The molecule has 3 aromatic rings. The molecule has 32 heavy (non-hydrogen) atoms. The number of carbonyl (C=O) groups excluding carboxylic acids is 2. The van der Waals surface area contributed by atoms with Crippen LogP contribution in [0.15, 0.2) is 76.6 Å². The molecule has 2 aromatic carbocycles. The molecule has 3 N–H and O–H groups in total. The van der Waals surface area contributed by atoms with Gasteiger partial charge in [0, 0.05) is 29.8 Å². The molecule has 1 atom stereocenters. The van der Waals surface area contributed by atoms with Gasteiger partial charge in [0.25, 0.3) is 11.5 Å². The lowest BCUT2D eigenvalue weighted by atomic mass is 9.90. The van der Waals surface area contributed by atoms with E-state index in [0.717, 1.165) is 6.26 Å². The Kier molecular flexibility index (Phi) is 5.21. The van der Waals surface area contributed by atoms with Crippen molar-refractivity contribution in [1.29, 1.82) is 0 Å². The minimum absolute atomic E-state index is 0.130. The molecule has 8 nitrogen and oxygen atoms in total. The maximum Gasteiger partial charge on any atom is 0.255 e. The summed E-state index contributed by atoms with van der Waals surface area (Å²) in [6.45, 7) is 0. The molecule has 0 saturated carbocycles. The maximum absolute atomic E-state index is 13.0. The third-order valence-corrected chi connectivity index (χ3v) is 6.90. The van der Waals surface area contributed by atoms with E-state index in [1.54, 1.807) is 48.7 Å². The van der Waals surface area contributed by atoms with Gasteiger partial charge in [-0.3, -0.25) is 19.0 Å². The molecular weight excluding hydrogens is 430 g/mol. The summed E-state index contributed by atoms with van der Waals surface area (Å²) >= 11 is 0. The Hall–Kier alpha value is -3.72. The maximum atomic E-state index is 13.0. The molecular formula is C23H21N3O5S. The summed E-state index contributed by atoms with van der Waals surface area (Å²) in [6.07, 6.45) is 3.17. The van der Waals surface area contributed by atoms with Crippen LogP contribution in [0.2, 0.25) is 0 Å². The number of pyridine rings is 1. The number of hydrogen-bond acceptors (Lipinski definition) is 5. The van der Waals surface area contributed by atoms with Gasteiger partial charge in [0.1, 0.15) is 5.54 Å². The number of hydrogen-bond donors (Lipinski definition) is 2. The lowest BCUT2D eigenvalue weighted by Crippen LogP contribution is -2.53. The monoisotopic (exact) mass is 451 g/mol. The summed E-state index contributed by atoms with van der Waals surface area (Å²) in [4.78, 5) is 37.6. The summed E-state index contributed by atoms with van der Waals surface area (Å²) in [5.41, 5.74) is 5.73. The molecule has 0 radical (unpaired) electrons. The average molecular weight is 452 g/mol. The molecule has 1 aromatic heterocycles. The number of aromatic nitrogens is 1. The summed E-state index contributed by atoms with van der Waals surface area (Å²) in [5, 5.41) is 2.74. The average Bonchev–Trinajstić information content (AvgIpc) is 3.13. The van der Waals surface area contributed by atoms with Crippen LogP contribution in [0.1, 0.15) is 27.9 Å². The first kappa shape index (κ1) is 21.5. The van der Waals surface area contributed by atoms with Crippen LogP contribution in [0.5, 0.6) is 0 Å². The van der Waals surface area contributed by atoms with Crippen LogP contribution in [0.3, 0.4) is 0 Å². The van der Waals surface area contributed by atoms with Crippen molar-refractivity contribution in [3.05, 3.63) is 93.9 Å². The van der Waals surface area contributed by atoms with Crippen molar-refractivity contribution in [3.8, 4) is 5.69 Å². The van der Waals surface area contributed by atoms with Crippen molar-refractivity contribution in [2.75, 3.05) is 6.26 Å². The van der Waals surface area contributed by atoms with Crippen LogP contribution >= 0.6 is 0 Å². The number of rotatable bonds is 5. The van der Waals surface area contributed by atoms with Crippen molar-refractivity contribution >= 4 is 21.7 Å². The Labute approximate surface area is 184 Å². The molecule has 0 saturated heterocycles. The van der Waals surface area contributed by atoms with Gasteiger partial charge < -0.3 is 11.1 Å². The Balaban J connectivity index is 1.68. The Morgan fingerprint density at radius 3 is 2.38 bits per heavy atom. The quantitative estimate of drug-likeness (QED) is 0.604. The molecule has 4 rings (SSSR count). The first-order chi connectivity index (χ1) is 15.1. The van der Waals surface area contributed by atoms with Crippen molar-refractivity contribution < 1.29 is 18.0 Å². The molecule has 1 unspecified atom stereocenters. The van der Waals surface area contributed by atoms with Crippen molar-refractivity contribution in [3.63, 3.8) is 0 Å². The second-order valence-corrected chi connectivity index (χ2v) is 9.72. The third-order valence-electron chi connectivity index (χ3n) is 5.72. The summed E-state index contributed by atoms with van der Waals surface area (Å²) in [5.74, 6) is -1.30. The van der Waals surface area contributed by atoms with Crippen molar-refractivity contribution in [2.24, 2.45) is 5.73 Å². The summed E-state index contributed by atoms with van der Waals surface area (Å²) in [7, 11) is -3.51. The molecule has 2 amide bonds. The Morgan fingerprint density at radius 1 is 1.03 bits per heavy atom. The van der Waals surface area contributed by atoms with E-state index in [1.807, 2.05) is 0 Å². The van der Waals surface area contributed by atoms with Crippen LogP contribution in [0.4, 0.5) is 0 Å². The number of amides is 2. The minimum atomic E-state index is -3.51. The van der Waals surface area contributed by atoms with E-state index < -0.39 is 27.2 Å². The van der Waals surface area contributed by atoms with E-state index in [-0.39, 0.29) is 28.9 Å². The van der Waals surface area contributed by atoms with Crippen LogP contribution in [-0.2, 0) is 26.6 Å². The predicted molar refractivity (Wildman–Crippen MR) is 118 cm³/mol. The number of benzene rings is 2. The first-order valence-electron chi connectivity index (χ1n) is 9.86. The highest BCUT2D eigenvalue weighted by Crippen LogP contribution is 2.40. The van der Waals surface area contributed by atoms with E-state index >= 15 is 0 Å². The zero-order chi connectivity index (χ0) is 23.1. The minimum Gasteiger partial charge on any atom is -0.367 e. The fourth-order valence-corrected chi connectivity index (χ4v) is 5.13. The second-order valence-electron chi connectivity index (χ2n) is 7.73. The normalized spacial score (nSPS) is 17.5. The highest BCUT2D eigenvalue weighted by atomic mass is 32.2. The second kappa shape index (κ2) is 7.76. The van der Waals surface area contributed by atoms with Gasteiger partial charge in [0.15, 0.2) is 9.84 Å². The number of sulfone groups is 1. The highest BCUT2D eigenvalue weighted by Gasteiger charge is 2.46. The van der Waals surface area contributed by atoms with Crippen LogP contribution in [-0.4, -0.2) is 31.1 Å². The number of fused-ring (bicyclic) bond motifs is 1. The molecule has 0 fully saturated rings. The molecule has 0 spiro atoms. The van der Waals surface area contributed by atoms with E-state index in [2.05, 4.69) is 5.32 Å². The van der Waals surface area contributed by atoms with Crippen LogP contribution in [0, 0.1) is 0 Å². The van der Waals surface area contributed by atoms with E-state index in [1.165, 1.54) is 22.8 Å². The predicted octanol–water partition coefficient (Wildman–Crippen LogP) is 1.30. The topological polar surface area (TPSA) is 128 Å². The SMILES string of the molecule is CS(=O)(=O)c1cccc2c1CCC2(NC(=O)c1ccc(-n2ccccc2=O)cc1)C(N)=O. The van der Waals surface area contributed by atoms with E-state index in [9.17, 15) is 22.8 Å². The Morgan fingerprint density at radius 2 is 1.75 bits per heavy atom. The van der Waals surface area contributed by atoms with Gasteiger partial charge >= 0.3 is 0 Å². The van der Waals surface area contributed by atoms with Gasteiger partial charge in [0.05, 0.1) is 4.90 Å². The highest BCUT2D eigenvalue weighted by molar-refractivity contribution is 7.90. The molecule has 0 aliphatic heterocycles. The van der Waals surface area contributed by atoms with Gasteiger partial charge in [-0.15, -0.1) is 0 Å². The van der Waals surface area contributed by atoms with E-state index in [0.29, 0.717) is 16.8 Å². The zero-order valence-corrected chi connectivity index (χ0v) is 18.1. The lowest BCUT2D eigenvalue weighted by molar-refractivity contribution is -0.124. The van der Waals surface area contributed by atoms with Crippen LogP contribution < -0.4 is 16.6 Å². The number of nitrogens with zero attached hydrogens (tertiary/aromatic N) is 1. The smallest absolute Gasteiger partial charge is 0.255 e. The van der Waals surface area contributed by atoms with Gasteiger partial charge in [-0.25, -0.2) is 8.42 Å². The van der Waals surface area contributed by atoms with Crippen LogP contribution in [0.25, 0.3) is 5.69 Å². The van der Waals surface area contributed by atoms with Crippen molar-refractivity contribution in [1.82, 2.24) is 9.88 Å². The number of carbonyl (C=O) groups is 2. The molecule has 1 aliphatic rings. The third kappa shape index (κ3) is 3.60. The number of nitrogens with two attached hydrogens (primary N) is 1. The first-order valence-corrected chi connectivity index (χ1v) is 11.8. The van der Waals surface area contributed by atoms with Gasteiger partial charge in [0.2, 0.25) is 5.91 Å². The van der Waals surface area contributed by atoms with E-state index in [4.69, 9.17) is 5.73 Å². The Bertz CT molecular complexity index is 1390. The summed E-state index contributed by atoms with van der Waals surface area (Å²) < 4.78 is 25.8. The molecule has 1 heterocycles. The molecule has 9 heteroatoms. The fourth-order valence-electron chi connectivity index (χ4n) is 4.15. The zero-order valence-electron chi connectivity index (χ0n) is 17.2. The summed E-state index contributed by atoms with van der Waals surface area (Å²) in [6, 6.07) is 15.8. The largest absolute Gasteiger partial charge is 0.367 e. The van der Waals surface area contributed by atoms with Crippen molar-refractivity contribution in [2.45, 2.75) is 23.3 Å². The number of primary amides is 1. The van der Waals surface area contributed by atoms with Gasteiger partial charge in [-0.05, 0) is 60.4 Å². The van der Waals surface area contributed by atoms with Gasteiger partial charge in [-0.2, -0.15) is 0 Å². The molecule has 1 aliphatic carbocycles. The fraction of sp³-hybridized carbons (Fsp3) is 0.174. The number of nitrogens with one attached hydrogen (secondary N) is 1. The standard InChI is InChI=1S/C23H21N3O5S/c1-32(30,31)19-6-4-5-18-17(19)12-13-23(18,22(24)29)25-21(28)15-8-10-16(11-9-15)26-14-3-2-7-20(26)27/h2-11,14H,12-13H2,1H3,(H2,24,29)(H,25,28). The molecule has 164 valence electrons. The lowest BCUT2D eigenvalue weighted by Gasteiger charge is -2.28. The molecule has 0 bridgehead atoms.